The Bertz CT molecular complexity index is 1320. The van der Waals surface area contributed by atoms with E-state index < -0.39 is 41.0 Å². The summed E-state index contributed by atoms with van der Waals surface area (Å²) >= 11 is 6.47. The first-order valence-corrected chi connectivity index (χ1v) is 14.8. The van der Waals surface area contributed by atoms with Crippen LogP contribution < -0.4 is 10.6 Å². The van der Waals surface area contributed by atoms with Gasteiger partial charge in [-0.2, -0.15) is 0 Å². The lowest BCUT2D eigenvalue weighted by Gasteiger charge is -2.37. The number of carbonyl (C=O) groups is 3. The molecule has 2 aromatic carbocycles. The molecule has 3 fully saturated rings. The highest BCUT2D eigenvalue weighted by Crippen LogP contribution is 2.65. The molecule has 0 aromatic heterocycles. The summed E-state index contributed by atoms with van der Waals surface area (Å²) in [6.07, 6.45) is 0.940. The fourth-order valence-electron chi connectivity index (χ4n) is 7.47. The molecule has 220 valence electrons. The summed E-state index contributed by atoms with van der Waals surface area (Å²) in [6, 6.07) is 13.3. The highest BCUT2D eigenvalue weighted by atomic mass is 35.5. The van der Waals surface area contributed by atoms with Crippen molar-refractivity contribution in [2.45, 2.75) is 77.3 Å². The molecule has 9 heteroatoms. The SMILES string of the molecule is Cc1cccc(Cl)c1NC(=O)C1N([C@@H](CO)CC(C)C)C(=O)[C@@H]2[C@H](C(=O)NCc3ccccc3)[C@@]3(C)OC12CC3C. The Morgan fingerprint density at radius 3 is 2.49 bits per heavy atom. The minimum absolute atomic E-state index is 0.0889. The van der Waals surface area contributed by atoms with Gasteiger partial charge in [0.1, 0.15) is 11.6 Å². The summed E-state index contributed by atoms with van der Waals surface area (Å²) in [7, 11) is 0. The summed E-state index contributed by atoms with van der Waals surface area (Å²) in [4.78, 5) is 44.1. The lowest BCUT2D eigenvalue weighted by molar-refractivity contribution is -0.149. The lowest BCUT2D eigenvalue weighted by atomic mass is 9.62. The standard InChI is InChI=1S/C32H40ClN3O5/c1-18(2)14-22(17-37)36-27(29(39)35-26-19(3)10-9-13-23(26)33)32-15-20(4)31(5,41-32)24(25(32)30(36)40)28(38)34-16-21-11-7-6-8-12-21/h6-13,18,20,22,24-25,27,37H,14-17H2,1-5H3,(H,34,38)(H,35,39)/t20?,22-,24-,25+,27?,31+,32?/m1/s1. The number of aliphatic hydroxyl groups is 1. The van der Waals surface area contributed by atoms with E-state index in [1.807, 2.05) is 71.0 Å². The molecule has 3 aliphatic rings. The van der Waals surface area contributed by atoms with Gasteiger partial charge >= 0.3 is 0 Å². The van der Waals surface area contributed by atoms with Gasteiger partial charge in [-0.15, -0.1) is 0 Å². The Hall–Kier alpha value is -2.94. The molecule has 3 unspecified atom stereocenters. The molecule has 5 rings (SSSR count). The van der Waals surface area contributed by atoms with Crippen LogP contribution in [-0.2, 0) is 25.7 Å². The molecule has 0 aliphatic carbocycles. The number of anilines is 1. The zero-order valence-electron chi connectivity index (χ0n) is 24.3. The smallest absolute Gasteiger partial charge is 0.250 e. The minimum Gasteiger partial charge on any atom is -0.394 e. The van der Waals surface area contributed by atoms with Crippen LogP contribution in [-0.4, -0.2) is 57.6 Å². The molecule has 41 heavy (non-hydrogen) atoms. The van der Waals surface area contributed by atoms with Crippen molar-refractivity contribution in [1.29, 1.82) is 0 Å². The van der Waals surface area contributed by atoms with Crippen LogP contribution in [0.3, 0.4) is 0 Å². The Kier molecular flexibility index (Phi) is 7.96. The molecule has 0 saturated carbocycles. The van der Waals surface area contributed by atoms with Gasteiger partial charge in [0.2, 0.25) is 17.7 Å². The number of aliphatic hydroxyl groups excluding tert-OH is 1. The largest absolute Gasteiger partial charge is 0.394 e. The van der Waals surface area contributed by atoms with E-state index in [9.17, 15) is 19.5 Å². The van der Waals surface area contributed by atoms with Crippen molar-refractivity contribution in [2.75, 3.05) is 11.9 Å². The number of nitrogens with zero attached hydrogens (tertiary/aromatic N) is 1. The van der Waals surface area contributed by atoms with E-state index in [0.29, 0.717) is 30.1 Å². The molecule has 3 heterocycles. The molecule has 1 spiro atoms. The first kappa shape index (κ1) is 29.5. The number of likely N-dealkylation sites (tertiary alicyclic amines) is 1. The maximum atomic E-state index is 14.4. The second-order valence-electron chi connectivity index (χ2n) is 12.5. The number of para-hydroxylation sites is 1. The number of rotatable bonds is 9. The van der Waals surface area contributed by atoms with Crippen molar-refractivity contribution in [1.82, 2.24) is 10.2 Å². The van der Waals surface area contributed by atoms with E-state index >= 15 is 0 Å². The van der Waals surface area contributed by atoms with Crippen LogP contribution in [0.1, 0.15) is 51.7 Å². The first-order valence-electron chi connectivity index (χ1n) is 14.5. The number of hydrogen-bond acceptors (Lipinski definition) is 5. The van der Waals surface area contributed by atoms with Gasteiger partial charge in [-0.05, 0) is 55.7 Å². The molecule has 8 nitrogen and oxygen atoms in total. The zero-order valence-corrected chi connectivity index (χ0v) is 25.1. The fraction of sp³-hybridized carbons (Fsp3) is 0.531. The van der Waals surface area contributed by atoms with Gasteiger partial charge in [0.05, 0.1) is 40.8 Å². The van der Waals surface area contributed by atoms with Crippen LogP contribution in [0.25, 0.3) is 0 Å². The van der Waals surface area contributed by atoms with Crippen LogP contribution in [0.5, 0.6) is 0 Å². The van der Waals surface area contributed by atoms with E-state index in [-0.39, 0.29) is 30.3 Å². The number of benzene rings is 2. The number of halogens is 1. The van der Waals surface area contributed by atoms with E-state index in [1.165, 1.54) is 4.90 Å². The van der Waals surface area contributed by atoms with Crippen molar-refractivity contribution in [3.63, 3.8) is 0 Å². The number of aryl methyl sites for hydroxylation is 1. The van der Waals surface area contributed by atoms with E-state index in [1.54, 1.807) is 12.1 Å². The Morgan fingerprint density at radius 2 is 1.85 bits per heavy atom. The van der Waals surface area contributed by atoms with Crippen LogP contribution in [0.4, 0.5) is 5.69 Å². The molecular formula is C32H40ClN3O5. The van der Waals surface area contributed by atoms with Gasteiger partial charge in [0.25, 0.3) is 0 Å². The number of hydrogen-bond donors (Lipinski definition) is 3. The topological polar surface area (TPSA) is 108 Å². The number of fused-ring (bicyclic) bond motifs is 1. The third-order valence-electron chi connectivity index (χ3n) is 9.41. The van der Waals surface area contributed by atoms with Gasteiger partial charge in [-0.25, -0.2) is 0 Å². The molecule has 2 aromatic rings. The minimum atomic E-state index is -1.22. The summed E-state index contributed by atoms with van der Waals surface area (Å²) < 4.78 is 6.80. The molecule has 3 aliphatic heterocycles. The van der Waals surface area contributed by atoms with Gasteiger partial charge in [0.15, 0.2) is 0 Å². The number of amides is 3. The average molecular weight is 582 g/mol. The predicted molar refractivity (Wildman–Crippen MR) is 157 cm³/mol. The predicted octanol–water partition coefficient (Wildman–Crippen LogP) is 4.32. The average Bonchev–Trinajstić information content (AvgIpc) is 3.45. The number of ether oxygens (including phenoxy) is 1. The second-order valence-corrected chi connectivity index (χ2v) is 12.9. The molecule has 2 bridgehead atoms. The van der Waals surface area contributed by atoms with Crippen LogP contribution in [0.15, 0.2) is 48.5 Å². The summed E-state index contributed by atoms with van der Waals surface area (Å²) in [6.45, 7) is 9.79. The third kappa shape index (κ3) is 4.84. The van der Waals surface area contributed by atoms with Crippen molar-refractivity contribution in [3.8, 4) is 0 Å². The number of nitrogens with one attached hydrogen (secondary N) is 2. The van der Waals surface area contributed by atoms with Gasteiger partial charge in [-0.3, -0.25) is 14.4 Å². The van der Waals surface area contributed by atoms with Gasteiger partial charge < -0.3 is 25.4 Å². The maximum absolute atomic E-state index is 14.4. The lowest BCUT2D eigenvalue weighted by Crippen LogP contribution is -2.56. The zero-order chi connectivity index (χ0) is 29.7. The van der Waals surface area contributed by atoms with Crippen LogP contribution in [0.2, 0.25) is 5.02 Å². The molecule has 0 radical (unpaired) electrons. The summed E-state index contributed by atoms with van der Waals surface area (Å²) in [5.74, 6) is -2.60. The van der Waals surface area contributed by atoms with Crippen molar-refractivity contribution < 1.29 is 24.2 Å². The van der Waals surface area contributed by atoms with E-state index in [0.717, 1.165) is 11.1 Å². The van der Waals surface area contributed by atoms with Crippen LogP contribution in [0, 0.1) is 30.6 Å². The van der Waals surface area contributed by atoms with Crippen molar-refractivity contribution in [3.05, 3.63) is 64.7 Å². The second kappa shape index (κ2) is 11.0. The monoisotopic (exact) mass is 581 g/mol. The quantitative estimate of drug-likeness (QED) is 0.409. The third-order valence-corrected chi connectivity index (χ3v) is 9.73. The molecule has 3 amide bonds. The Balaban J connectivity index is 1.55. The molecular weight excluding hydrogens is 542 g/mol. The van der Waals surface area contributed by atoms with Crippen molar-refractivity contribution >= 4 is 35.0 Å². The summed E-state index contributed by atoms with van der Waals surface area (Å²) in [5, 5.41) is 16.9. The highest BCUT2D eigenvalue weighted by Gasteiger charge is 2.80. The Morgan fingerprint density at radius 1 is 1.15 bits per heavy atom. The van der Waals surface area contributed by atoms with Gasteiger partial charge in [-0.1, -0.05) is 74.8 Å². The molecule has 3 saturated heterocycles. The van der Waals surface area contributed by atoms with Crippen LogP contribution >= 0.6 is 11.6 Å². The van der Waals surface area contributed by atoms with Crippen molar-refractivity contribution in [2.24, 2.45) is 23.7 Å². The van der Waals surface area contributed by atoms with E-state index in [2.05, 4.69) is 10.6 Å². The maximum Gasteiger partial charge on any atom is 0.250 e. The normalized spacial score (nSPS) is 30.9. The molecule has 7 atom stereocenters. The van der Waals surface area contributed by atoms with Gasteiger partial charge in [0, 0.05) is 6.54 Å². The summed E-state index contributed by atoms with van der Waals surface area (Å²) in [5.41, 5.74) is 0.0519. The first-order chi connectivity index (χ1) is 19.4. The Labute approximate surface area is 246 Å². The fourth-order valence-corrected chi connectivity index (χ4v) is 7.74. The molecule has 3 N–H and O–H groups in total. The highest BCUT2D eigenvalue weighted by molar-refractivity contribution is 6.34. The van der Waals surface area contributed by atoms with E-state index in [4.69, 9.17) is 16.3 Å². The number of carbonyl (C=O) groups excluding carboxylic acids is 3.